The van der Waals surface area contributed by atoms with Gasteiger partial charge in [0, 0.05) is 18.3 Å². The third-order valence-electron chi connectivity index (χ3n) is 3.74. The Labute approximate surface area is 134 Å². The number of benzene rings is 1. The predicted molar refractivity (Wildman–Crippen MR) is 86.5 cm³/mol. The lowest BCUT2D eigenvalue weighted by Crippen LogP contribution is -2.23. The molecule has 0 aliphatic rings. The van der Waals surface area contributed by atoms with Crippen LogP contribution in [0.3, 0.4) is 0 Å². The molecule has 3 heterocycles. The van der Waals surface area contributed by atoms with Crippen LogP contribution in [0.2, 0.25) is 0 Å². The summed E-state index contributed by atoms with van der Waals surface area (Å²) in [6.45, 7) is 0.111. The Morgan fingerprint density at radius 3 is 2.83 bits per heavy atom. The first-order valence-corrected chi connectivity index (χ1v) is 7.24. The monoisotopic (exact) mass is 322 g/mol. The van der Waals surface area contributed by atoms with Gasteiger partial charge in [-0.15, -0.1) is 0 Å². The zero-order valence-electron chi connectivity index (χ0n) is 12.4. The van der Waals surface area contributed by atoms with Crippen LogP contribution in [0.15, 0.2) is 64.6 Å². The molecule has 24 heavy (non-hydrogen) atoms. The van der Waals surface area contributed by atoms with Crippen LogP contribution >= 0.6 is 0 Å². The minimum atomic E-state index is -0.448. The molecule has 0 saturated heterocycles. The second-order valence-corrected chi connectivity index (χ2v) is 5.35. The number of hydrogen-bond acceptors (Lipinski definition) is 4. The molecule has 0 radical (unpaired) electrons. The summed E-state index contributed by atoms with van der Waals surface area (Å²) in [7, 11) is 0. The van der Waals surface area contributed by atoms with Crippen LogP contribution < -0.4 is 11.1 Å². The van der Waals surface area contributed by atoms with Crippen LogP contribution in [0.4, 0.5) is 4.39 Å². The molecule has 0 amide bonds. The van der Waals surface area contributed by atoms with Gasteiger partial charge in [-0.3, -0.25) is 18.6 Å². The molecule has 7 heteroatoms. The second kappa shape index (κ2) is 5.38. The Morgan fingerprint density at radius 2 is 1.96 bits per heavy atom. The Morgan fingerprint density at radius 1 is 1.08 bits per heavy atom. The molecule has 0 unspecified atom stereocenters. The molecule has 6 nitrogen and oxygen atoms in total. The van der Waals surface area contributed by atoms with Gasteiger partial charge in [0.2, 0.25) is 0 Å². The summed E-state index contributed by atoms with van der Waals surface area (Å²) >= 11 is 0. The highest BCUT2D eigenvalue weighted by atomic mass is 19.1. The van der Waals surface area contributed by atoms with Gasteiger partial charge < -0.3 is 0 Å². The summed E-state index contributed by atoms with van der Waals surface area (Å²) in [5, 5.41) is 0.316. The summed E-state index contributed by atoms with van der Waals surface area (Å²) in [4.78, 5) is 33.1. The van der Waals surface area contributed by atoms with E-state index in [2.05, 4.69) is 9.97 Å². The minimum Gasteiger partial charge on any atom is -0.293 e. The predicted octanol–water partition coefficient (Wildman–Crippen LogP) is 1.59. The van der Waals surface area contributed by atoms with E-state index in [1.807, 2.05) is 0 Å². The normalized spacial score (nSPS) is 11.2. The first kappa shape index (κ1) is 14.3. The van der Waals surface area contributed by atoms with Crippen molar-refractivity contribution in [1.29, 1.82) is 0 Å². The van der Waals surface area contributed by atoms with Crippen molar-refractivity contribution >= 4 is 16.6 Å². The van der Waals surface area contributed by atoms with Crippen molar-refractivity contribution in [1.82, 2.24) is 18.9 Å². The third-order valence-corrected chi connectivity index (χ3v) is 3.74. The quantitative estimate of drug-likeness (QED) is 0.562. The highest BCUT2D eigenvalue weighted by Crippen LogP contribution is 2.09. The van der Waals surface area contributed by atoms with E-state index in [9.17, 15) is 14.0 Å². The molecule has 0 saturated carbocycles. The van der Waals surface area contributed by atoms with Gasteiger partial charge in [-0.25, -0.2) is 14.4 Å². The standard InChI is InChI=1S/C17H11FN4O2/c18-11-4-5-13-14(7-11)19-10-21(17(13)24)9-12-8-16(23)22-6-2-1-3-15(22)20-12/h1-8,10H,9H2. The fraction of sp³-hybridized carbons (Fsp3) is 0.0588. The summed E-state index contributed by atoms with van der Waals surface area (Å²) in [5.41, 5.74) is 0.720. The molecule has 0 N–H and O–H groups in total. The molecule has 118 valence electrons. The number of aromatic nitrogens is 4. The Kier molecular flexibility index (Phi) is 3.19. The minimum absolute atomic E-state index is 0.111. The highest BCUT2D eigenvalue weighted by molar-refractivity contribution is 5.77. The van der Waals surface area contributed by atoms with E-state index in [4.69, 9.17) is 0 Å². The van der Waals surface area contributed by atoms with E-state index in [-0.39, 0.29) is 17.7 Å². The van der Waals surface area contributed by atoms with Crippen molar-refractivity contribution in [3.05, 3.63) is 87.2 Å². The van der Waals surface area contributed by atoms with Crippen LogP contribution in [0.5, 0.6) is 0 Å². The molecular formula is C17H11FN4O2. The van der Waals surface area contributed by atoms with Crippen molar-refractivity contribution in [3.63, 3.8) is 0 Å². The van der Waals surface area contributed by atoms with E-state index < -0.39 is 5.82 Å². The molecule has 0 atom stereocenters. The summed E-state index contributed by atoms with van der Waals surface area (Å²) in [6.07, 6.45) is 2.96. The summed E-state index contributed by atoms with van der Waals surface area (Å²) < 4.78 is 16.0. The van der Waals surface area contributed by atoms with Crippen molar-refractivity contribution in [3.8, 4) is 0 Å². The molecule has 3 aromatic heterocycles. The van der Waals surface area contributed by atoms with Crippen LogP contribution in [0.25, 0.3) is 16.6 Å². The topological polar surface area (TPSA) is 69.3 Å². The average Bonchev–Trinajstić information content (AvgIpc) is 2.57. The second-order valence-electron chi connectivity index (χ2n) is 5.35. The molecule has 0 bridgehead atoms. The zero-order valence-corrected chi connectivity index (χ0v) is 12.4. The molecule has 1 aromatic carbocycles. The Hall–Kier alpha value is -3.35. The van der Waals surface area contributed by atoms with Crippen molar-refractivity contribution in [2.24, 2.45) is 0 Å². The van der Waals surface area contributed by atoms with E-state index in [1.54, 1.807) is 24.4 Å². The van der Waals surface area contributed by atoms with Crippen LogP contribution in [0, 0.1) is 5.82 Å². The Bertz CT molecular complexity index is 1200. The fourth-order valence-electron chi connectivity index (χ4n) is 2.60. The molecular weight excluding hydrogens is 311 g/mol. The summed E-state index contributed by atoms with van der Waals surface area (Å²) in [6, 6.07) is 10.5. The first-order chi connectivity index (χ1) is 11.6. The van der Waals surface area contributed by atoms with Crippen LogP contribution in [-0.2, 0) is 6.54 Å². The molecule has 4 aromatic rings. The third kappa shape index (κ3) is 2.36. The van der Waals surface area contributed by atoms with Crippen molar-refractivity contribution in [2.45, 2.75) is 6.54 Å². The highest BCUT2D eigenvalue weighted by Gasteiger charge is 2.08. The molecule has 4 rings (SSSR count). The smallest absolute Gasteiger partial charge is 0.261 e. The largest absolute Gasteiger partial charge is 0.293 e. The van der Waals surface area contributed by atoms with Crippen molar-refractivity contribution < 1.29 is 4.39 Å². The van der Waals surface area contributed by atoms with Gasteiger partial charge in [0.25, 0.3) is 11.1 Å². The lowest BCUT2D eigenvalue weighted by Gasteiger charge is -2.07. The summed E-state index contributed by atoms with van der Waals surface area (Å²) in [5.74, 6) is -0.448. The number of nitrogens with zero attached hydrogens (tertiary/aromatic N) is 4. The maximum Gasteiger partial charge on any atom is 0.261 e. The van der Waals surface area contributed by atoms with Gasteiger partial charge in [-0.05, 0) is 24.3 Å². The number of halogens is 1. The van der Waals surface area contributed by atoms with Gasteiger partial charge in [0.05, 0.1) is 29.5 Å². The van der Waals surface area contributed by atoms with Gasteiger partial charge in [-0.1, -0.05) is 6.07 Å². The molecule has 0 spiro atoms. The number of pyridine rings is 1. The molecule has 0 fully saturated rings. The molecule has 0 aliphatic carbocycles. The first-order valence-electron chi connectivity index (χ1n) is 7.24. The lowest BCUT2D eigenvalue weighted by molar-refractivity contribution is 0.629. The van der Waals surface area contributed by atoms with Gasteiger partial charge in [0.1, 0.15) is 11.5 Å². The fourth-order valence-corrected chi connectivity index (χ4v) is 2.60. The van der Waals surface area contributed by atoms with Gasteiger partial charge in [0.15, 0.2) is 0 Å². The average molecular weight is 322 g/mol. The number of rotatable bonds is 2. The zero-order chi connectivity index (χ0) is 16.7. The van der Waals surface area contributed by atoms with Crippen LogP contribution in [-0.4, -0.2) is 18.9 Å². The van der Waals surface area contributed by atoms with Crippen molar-refractivity contribution in [2.75, 3.05) is 0 Å². The van der Waals surface area contributed by atoms with Crippen LogP contribution in [0.1, 0.15) is 5.69 Å². The van der Waals surface area contributed by atoms with Gasteiger partial charge >= 0.3 is 0 Å². The van der Waals surface area contributed by atoms with E-state index in [1.165, 1.54) is 39.6 Å². The number of fused-ring (bicyclic) bond motifs is 2. The lowest BCUT2D eigenvalue weighted by atomic mass is 10.2. The van der Waals surface area contributed by atoms with Gasteiger partial charge in [-0.2, -0.15) is 0 Å². The van der Waals surface area contributed by atoms with E-state index in [0.717, 1.165) is 0 Å². The maximum absolute atomic E-state index is 13.2. The number of hydrogen-bond donors (Lipinski definition) is 0. The Balaban J connectivity index is 1.82. The van der Waals surface area contributed by atoms with E-state index >= 15 is 0 Å². The molecule has 0 aliphatic heterocycles. The van der Waals surface area contributed by atoms with E-state index in [0.29, 0.717) is 22.2 Å². The maximum atomic E-state index is 13.2. The SMILES string of the molecule is O=c1c2ccc(F)cc2ncn1Cc1cc(=O)n2ccccc2n1.